The van der Waals surface area contributed by atoms with Gasteiger partial charge in [0.1, 0.15) is 0 Å². The minimum Gasteiger partial charge on any atom is -0.451 e. The summed E-state index contributed by atoms with van der Waals surface area (Å²) in [6, 6.07) is 3.45. The van der Waals surface area contributed by atoms with Gasteiger partial charge < -0.3 is 4.74 Å². The van der Waals surface area contributed by atoms with Gasteiger partial charge in [0.05, 0.1) is 0 Å². The molecule has 0 bridgehead atoms. The average molecular weight is 1130 g/mol. The molecule has 0 spiro atoms. The molecule has 0 unspecified atom stereocenters. The summed E-state index contributed by atoms with van der Waals surface area (Å²) in [4.78, 5) is 0. The van der Waals surface area contributed by atoms with Gasteiger partial charge >= 0.3 is 0 Å². The van der Waals surface area contributed by atoms with E-state index < -0.39 is 23.3 Å². The largest absolute Gasteiger partial charge is 0.451 e. The van der Waals surface area contributed by atoms with Crippen molar-refractivity contribution in [3.8, 4) is 11.5 Å². The van der Waals surface area contributed by atoms with Crippen LogP contribution in [0.15, 0.2) is 12.1 Å². The number of unbranched alkanes of at least 4 members (excludes halogenated alkanes) is 10. The molecule has 0 radical (unpaired) electrons. The molecular formula is C76H122F4O. The van der Waals surface area contributed by atoms with E-state index in [0.29, 0.717) is 60.5 Å². The van der Waals surface area contributed by atoms with Crippen molar-refractivity contribution in [3.63, 3.8) is 0 Å². The summed E-state index contributed by atoms with van der Waals surface area (Å²) in [5.41, 5.74) is 2.67. The molecule has 1 nitrogen and oxygen atoms in total. The molecule has 0 aromatic heterocycles. The van der Waals surface area contributed by atoms with Gasteiger partial charge in [-0.05, 0) is 221 Å². The van der Waals surface area contributed by atoms with Crippen LogP contribution >= 0.6 is 0 Å². The molecule has 0 saturated heterocycles. The number of hydrogen-bond donors (Lipinski definition) is 0. The van der Waals surface area contributed by atoms with Crippen molar-refractivity contribution in [2.75, 3.05) is 0 Å². The lowest BCUT2D eigenvalue weighted by Gasteiger charge is -2.38. The maximum atomic E-state index is 17.1. The molecule has 2 aromatic carbocycles. The van der Waals surface area contributed by atoms with Crippen LogP contribution in [0.25, 0.3) is 0 Å². The summed E-state index contributed by atoms with van der Waals surface area (Å²) in [5.74, 6) is 4.32. The molecule has 8 rings (SSSR count). The maximum absolute atomic E-state index is 17.1. The van der Waals surface area contributed by atoms with Crippen LogP contribution in [-0.4, -0.2) is 0 Å². The van der Waals surface area contributed by atoms with Crippen molar-refractivity contribution < 1.29 is 22.3 Å². The van der Waals surface area contributed by atoms with Gasteiger partial charge in [-0.15, -0.1) is 0 Å². The molecule has 0 atom stereocenters. The van der Waals surface area contributed by atoms with Crippen LogP contribution in [0.5, 0.6) is 11.5 Å². The Hall–Kier alpha value is -2.04. The predicted octanol–water partition coefficient (Wildman–Crippen LogP) is 24.9. The van der Waals surface area contributed by atoms with Crippen molar-refractivity contribution >= 4 is 0 Å². The minimum absolute atomic E-state index is 0.278. The zero-order chi connectivity index (χ0) is 56.8. The van der Waals surface area contributed by atoms with Crippen LogP contribution in [0.1, 0.15) is 332 Å². The van der Waals surface area contributed by atoms with E-state index in [1.807, 2.05) is 0 Å². The summed E-state index contributed by atoms with van der Waals surface area (Å²) in [6.07, 6.45) is 58.4. The van der Waals surface area contributed by atoms with Crippen molar-refractivity contribution in [3.05, 3.63) is 57.7 Å². The highest BCUT2D eigenvalue weighted by Gasteiger charge is 2.35. The van der Waals surface area contributed by atoms with Gasteiger partial charge in [-0.3, -0.25) is 0 Å². The van der Waals surface area contributed by atoms with Gasteiger partial charge in [-0.2, -0.15) is 8.78 Å². The first-order valence-corrected chi connectivity index (χ1v) is 36.3. The summed E-state index contributed by atoms with van der Waals surface area (Å²) < 4.78 is 74.2. The van der Waals surface area contributed by atoms with E-state index in [0.717, 1.165) is 97.0 Å². The van der Waals surface area contributed by atoms with E-state index in [4.69, 9.17) is 4.74 Å². The van der Waals surface area contributed by atoms with Gasteiger partial charge in [-0.1, -0.05) is 220 Å². The van der Waals surface area contributed by atoms with Crippen LogP contribution in [-0.2, 0) is 25.7 Å². The molecule has 2 aromatic rings. The van der Waals surface area contributed by atoms with Crippen LogP contribution < -0.4 is 4.74 Å². The maximum Gasteiger partial charge on any atom is 0.201 e. The van der Waals surface area contributed by atoms with Gasteiger partial charge in [0.2, 0.25) is 11.6 Å². The Labute approximate surface area is 496 Å². The summed E-state index contributed by atoms with van der Waals surface area (Å²) in [7, 11) is 0. The SMILES string of the molecule is CCCCCCCC1CCC(Cc2cc(Oc3cc(CC4CCC(CCCCCCC)CC4)c(CCC4CCC(C5CCC(CCCC)CC5)CC4)c(F)c3F)c(F)c(F)c2CCC2CCC(C3CCC(CCCC)CC3)CC2)CC1. The van der Waals surface area contributed by atoms with Gasteiger partial charge in [0.25, 0.3) is 0 Å². The fourth-order valence-electron chi connectivity index (χ4n) is 18.2. The normalized spacial score (nSPS) is 29.5. The summed E-state index contributed by atoms with van der Waals surface area (Å²) >= 11 is 0. The molecule has 0 heterocycles. The molecule has 6 aliphatic carbocycles. The van der Waals surface area contributed by atoms with Crippen LogP contribution in [0.2, 0.25) is 0 Å². The zero-order valence-electron chi connectivity index (χ0n) is 52.9. The molecule has 460 valence electrons. The topological polar surface area (TPSA) is 9.23 Å². The minimum atomic E-state index is -1.04. The van der Waals surface area contributed by atoms with E-state index in [1.54, 1.807) is 12.1 Å². The number of halogens is 4. The van der Waals surface area contributed by atoms with Gasteiger partial charge in [0.15, 0.2) is 23.1 Å². The lowest BCUT2D eigenvalue weighted by atomic mass is 9.68. The number of hydrogen-bond acceptors (Lipinski definition) is 1. The Bertz CT molecular complexity index is 1900. The van der Waals surface area contributed by atoms with Crippen molar-refractivity contribution in [1.29, 1.82) is 0 Å². The van der Waals surface area contributed by atoms with E-state index in [2.05, 4.69) is 27.7 Å². The number of ether oxygens (including phenoxy) is 1. The Morgan fingerprint density at radius 3 is 0.864 bits per heavy atom. The lowest BCUT2D eigenvalue weighted by molar-refractivity contribution is 0.140. The standard InChI is InChI=1S/C76H122F4O/c1-5-9-13-15-17-21-57-23-27-61(28-24-57)51-67-53-71(75(79)73(77)69(67)49-39-59-35-45-65(46-36-59)63-41-31-55(32-42-63)19-11-7-3)81-72-54-68(52-62-29-25-58(26-30-62)22-18-16-14-10-6-2)70(74(78)76(72)80)50-40-60-37-47-66(48-38-60)64-43-33-56(34-44-64)20-12-8-4/h53-66H,5-52H2,1-4H3. The smallest absolute Gasteiger partial charge is 0.201 e. The van der Waals surface area contributed by atoms with Crippen molar-refractivity contribution in [1.82, 2.24) is 0 Å². The van der Waals surface area contributed by atoms with E-state index >= 15 is 17.6 Å². The van der Waals surface area contributed by atoms with E-state index in [9.17, 15) is 0 Å². The highest BCUT2D eigenvalue weighted by Crippen LogP contribution is 2.47. The quantitative estimate of drug-likeness (QED) is 0.0524. The fraction of sp³-hybridized carbons (Fsp3) is 0.842. The fourth-order valence-corrected chi connectivity index (χ4v) is 18.2. The van der Waals surface area contributed by atoms with Crippen LogP contribution in [0, 0.1) is 94.3 Å². The van der Waals surface area contributed by atoms with E-state index in [1.165, 1.54) is 244 Å². The first-order valence-electron chi connectivity index (χ1n) is 36.3. The molecule has 6 aliphatic rings. The number of benzene rings is 2. The third-order valence-corrected chi connectivity index (χ3v) is 23.8. The first kappa shape index (κ1) is 64.9. The Kier molecular flexibility index (Phi) is 28.0. The lowest BCUT2D eigenvalue weighted by Crippen LogP contribution is -2.26. The Balaban J connectivity index is 0.960. The second-order valence-electron chi connectivity index (χ2n) is 29.5. The van der Waals surface area contributed by atoms with Crippen molar-refractivity contribution in [2.24, 2.45) is 71.0 Å². The third kappa shape index (κ3) is 20.0. The Morgan fingerprint density at radius 1 is 0.296 bits per heavy atom. The molecule has 0 aliphatic heterocycles. The highest BCUT2D eigenvalue weighted by atomic mass is 19.2. The second-order valence-corrected chi connectivity index (χ2v) is 29.5. The second kappa shape index (κ2) is 34.9. The third-order valence-electron chi connectivity index (χ3n) is 23.8. The van der Waals surface area contributed by atoms with E-state index in [-0.39, 0.29) is 11.5 Å². The molecular weight excluding hydrogens is 1000 g/mol. The zero-order valence-corrected chi connectivity index (χ0v) is 52.9. The average Bonchev–Trinajstić information content (AvgIpc) is 3.67. The molecule has 0 N–H and O–H groups in total. The predicted molar refractivity (Wildman–Crippen MR) is 335 cm³/mol. The summed E-state index contributed by atoms with van der Waals surface area (Å²) in [6.45, 7) is 9.18. The van der Waals surface area contributed by atoms with Crippen LogP contribution in [0.3, 0.4) is 0 Å². The van der Waals surface area contributed by atoms with Crippen molar-refractivity contribution in [2.45, 2.75) is 336 Å². The summed E-state index contributed by atoms with van der Waals surface area (Å²) in [5, 5.41) is 0. The monoisotopic (exact) mass is 1130 g/mol. The molecule has 6 saturated carbocycles. The molecule has 81 heavy (non-hydrogen) atoms. The molecule has 6 fully saturated rings. The highest BCUT2D eigenvalue weighted by molar-refractivity contribution is 5.45. The first-order chi connectivity index (χ1) is 39.6. The van der Waals surface area contributed by atoms with Gasteiger partial charge in [-0.25, -0.2) is 8.78 Å². The number of rotatable bonds is 32. The Morgan fingerprint density at radius 2 is 0.556 bits per heavy atom. The van der Waals surface area contributed by atoms with Crippen LogP contribution in [0.4, 0.5) is 17.6 Å². The molecule has 5 heteroatoms. The van der Waals surface area contributed by atoms with Gasteiger partial charge in [0, 0.05) is 0 Å². The molecule has 0 amide bonds.